The summed E-state index contributed by atoms with van der Waals surface area (Å²) in [6, 6.07) is 0. The topological polar surface area (TPSA) is 99.6 Å². The summed E-state index contributed by atoms with van der Waals surface area (Å²) in [4.78, 5) is 15.3. The second kappa shape index (κ2) is 5.54. The molecule has 2 fully saturated rings. The molecular weight excluding hydrogens is 314 g/mol. The van der Waals surface area contributed by atoms with Crippen LogP contribution in [0.1, 0.15) is 37.3 Å². The highest BCUT2D eigenvalue weighted by Gasteiger charge is 2.33. The number of hydrogen-bond acceptors (Lipinski definition) is 5. The lowest BCUT2D eigenvalue weighted by molar-refractivity contribution is -0.142. The summed E-state index contributed by atoms with van der Waals surface area (Å²) in [5, 5.41) is 11.3. The largest absolute Gasteiger partial charge is 0.481 e. The molecule has 7 nitrogen and oxygen atoms in total. The molecule has 1 aromatic rings. The fourth-order valence-electron chi connectivity index (χ4n) is 2.44. The van der Waals surface area contributed by atoms with E-state index in [0.717, 1.165) is 18.5 Å². The predicted octanol–water partition coefficient (Wildman–Crippen LogP) is 1.47. The van der Waals surface area contributed by atoms with Crippen LogP contribution >= 0.6 is 11.3 Å². The molecule has 116 valence electrons. The van der Waals surface area contributed by atoms with E-state index in [2.05, 4.69) is 9.71 Å². The van der Waals surface area contributed by atoms with Crippen molar-refractivity contribution in [2.45, 2.75) is 31.6 Å². The standard InChI is InChI=1S/C12H17N3O4S2/c16-11(17)9-2-1-5-15(6-9)21(18,19)14-12-13-10(7-20-12)8-3-4-8/h7-9H,1-6H2,(H,13,14)(H,16,17). The number of nitrogens with one attached hydrogen (secondary N) is 1. The third kappa shape index (κ3) is 3.35. The highest BCUT2D eigenvalue weighted by atomic mass is 32.2. The molecule has 0 spiro atoms. The van der Waals surface area contributed by atoms with Crippen molar-refractivity contribution >= 4 is 32.6 Å². The number of aromatic nitrogens is 1. The van der Waals surface area contributed by atoms with E-state index < -0.39 is 22.1 Å². The van der Waals surface area contributed by atoms with E-state index in [9.17, 15) is 13.2 Å². The lowest BCUT2D eigenvalue weighted by Crippen LogP contribution is -2.44. The van der Waals surface area contributed by atoms with Gasteiger partial charge in [0.1, 0.15) is 0 Å². The second-order valence-electron chi connectivity index (χ2n) is 5.49. The van der Waals surface area contributed by atoms with Gasteiger partial charge in [0.2, 0.25) is 0 Å². The lowest BCUT2D eigenvalue weighted by Gasteiger charge is -2.29. The van der Waals surface area contributed by atoms with E-state index in [1.54, 1.807) is 0 Å². The molecule has 2 aliphatic rings. The molecule has 1 saturated carbocycles. The van der Waals surface area contributed by atoms with E-state index in [4.69, 9.17) is 5.11 Å². The SMILES string of the molecule is O=C(O)C1CCCN(S(=O)(=O)Nc2nc(C3CC3)cs2)C1. The number of carboxylic acids is 1. The molecule has 1 aliphatic carbocycles. The molecule has 0 radical (unpaired) electrons. The number of aliphatic carboxylic acids is 1. The third-order valence-electron chi connectivity index (χ3n) is 3.81. The second-order valence-corrected chi connectivity index (χ2v) is 8.02. The average Bonchev–Trinajstić information content (AvgIpc) is 3.20. The molecule has 1 unspecified atom stereocenters. The zero-order chi connectivity index (χ0) is 15.0. The monoisotopic (exact) mass is 331 g/mol. The molecule has 0 amide bonds. The fraction of sp³-hybridized carbons (Fsp3) is 0.667. The van der Waals surface area contributed by atoms with Crippen molar-refractivity contribution in [1.82, 2.24) is 9.29 Å². The first-order chi connectivity index (χ1) is 9.95. The van der Waals surface area contributed by atoms with E-state index in [1.165, 1.54) is 15.6 Å². The molecule has 1 aromatic heterocycles. The van der Waals surface area contributed by atoms with E-state index in [0.29, 0.717) is 30.4 Å². The Morgan fingerprint density at radius 2 is 2.19 bits per heavy atom. The van der Waals surface area contributed by atoms with Crippen LogP contribution in [0.25, 0.3) is 0 Å². The molecule has 1 aliphatic heterocycles. The maximum absolute atomic E-state index is 12.3. The highest BCUT2D eigenvalue weighted by Crippen LogP contribution is 2.41. The number of carbonyl (C=O) groups is 1. The zero-order valence-corrected chi connectivity index (χ0v) is 13.0. The minimum atomic E-state index is -3.73. The van der Waals surface area contributed by atoms with Gasteiger partial charge in [-0.3, -0.25) is 4.79 Å². The van der Waals surface area contributed by atoms with Crippen molar-refractivity contribution < 1.29 is 18.3 Å². The van der Waals surface area contributed by atoms with Crippen LogP contribution in [-0.2, 0) is 15.0 Å². The molecule has 1 atom stereocenters. The van der Waals surface area contributed by atoms with Gasteiger partial charge in [0.25, 0.3) is 0 Å². The van der Waals surface area contributed by atoms with Gasteiger partial charge in [-0.05, 0) is 25.7 Å². The van der Waals surface area contributed by atoms with Gasteiger partial charge < -0.3 is 5.11 Å². The predicted molar refractivity (Wildman–Crippen MR) is 78.6 cm³/mol. The summed E-state index contributed by atoms with van der Waals surface area (Å²) in [6.45, 7) is 0.367. The smallest absolute Gasteiger partial charge is 0.307 e. The first kappa shape index (κ1) is 14.7. The molecule has 1 saturated heterocycles. The van der Waals surface area contributed by atoms with E-state index >= 15 is 0 Å². The maximum atomic E-state index is 12.3. The summed E-state index contributed by atoms with van der Waals surface area (Å²) in [5.74, 6) is -1.10. The molecule has 0 bridgehead atoms. The average molecular weight is 331 g/mol. The van der Waals surface area contributed by atoms with Crippen LogP contribution in [0, 0.1) is 5.92 Å². The van der Waals surface area contributed by atoms with Crippen molar-refractivity contribution in [3.8, 4) is 0 Å². The first-order valence-electron chi connectivity index (χ1n) is 6.92. The Bertz CT molecular complexity index is 639. The van der Waals surface area contributed by atoms with Gasteiger partial charge in [0, 0.05) is 24.4 Å². The Labute approximate surface area is 127 Å². The number of anilines is 1. The Morgan fingerprint density at radius 3 is 2.86 bits per heavy atom. The molecule has 21 heavy (non-hydrogen) atoms. The zero-order valence-electron chi connectivity index (χ0n) is 11.4. The van der Waals surface area contributed by atoms with Gasteiger partial charge in [-0.15, -0.1) is 11.3 Å². The Morgan fingerprint density at radius 1 is 1.43 bits per heavy atom. The van der Waals surface area contributed by atoms with Gasteiger partial charge in [-0.1, -0.05) is 0 Å². The Kier molecular flexibility index (Phi) is 3.89. The van der Waals surface area contributed by atoms with Crippen LogP contribution in [0.5, 0.6) is 0 Å². The molecule has 9 heteroatoms. The quantitative estimate of drug-likeness (QED) is 0.851. The molecule has 3 rings (SSSR count). The number of piperidine rings is 1. The minimum absolute atomic E-state index is 0.0194. The number of nitrogens with zero attached hydrogens (tertiary/aromatic N) is 2. The first-order valence-corrected chi connectivity index (χ1v) is 9.24. The van der Waals surface area contributed by atoms with Gasteiger partial charge in [0.05, 0.1) is 11.6 Å². The number of carboxylic acid groups (broad SMARTS) is 1. The molecule has 0 aromatic carbocycles. The summed E-state index contributed by atoms with van der Waals surface area (Å²) in [7, 11) is -3.73. The molecule has 2 N–H and O–H groups in total. The summed E-state index contributed by atoms with van der Waals surface area (Å²) < 4.78 is 28.3. The fourth-order valence-corrected chi connectivity index (χ4v) is 4.72. The highest BCUT2D eigenvalue weighted by molar-refractivity contribution is 7.90. The summed E-state index contributed by atoms with van der Waals surface area (Å²) in [6.07, 6.45) is 3.30. The molecular formula is C12H17N3O4S2. The summed E-state index contributed by atoms with van der Waals surface area (Å²) >= 11 is 1.27. The van der Waals surface area contributed by atoms with Crippen molar-refractivity contribution in [3.63, 3.8) is 0 Å². The van der Waals surface area contributed by atoms with Crippen LogP contribution < -0.4 is 4.72 Å². The Balaban J connectivity index is 1.68. The number of hydrogen-bond donors (Lipinski definition) is 2. The normalized spacial score (nSPS) is 23.9. The third-order valence-corrected chi connectivity index (χ3v) is 6.18. The van der Waals surface area contributed by atoms with Gasteiger partial charge in [-0.2, -0.15) is 12.7 Å². The van der Waals surface area contributed by atoms with Crippen LogP contribution in [0.2, 0.25) is 0 Å². The summed E-state index contributed by atoms with van der Waals surface area (Å²) in [5.41, 5.74) is 0.944. The van der Waals surface area contributed by atoms with Crippen molar-refractivity contribution in [2.75, 3.05) is 17.8 Å². The van der Waals surface area contributed by atoms with Crippen molar-refractivity contribution in [1.29, 1.82) is 0 Å². The van der Waals surface area contributed by atoms with Crippen LogP contribution in [0.3, 0.4) is 0 Å². The van der Waals surface area contributed by atoms with Crippen LogP contribution in [-0.4, -0.2) is 41.9 Å². The van der Waals surface area contributed by atoms with E-state index in [-0.39, 0.29) is 6.54 Å². The number of rotatable bonds is 5. The Hall–Kier alpha value is -1.19. The van der Waals surface area contributed by atoms with Gasteiger partial charge in [-0.25, -0.2) is 9.71 Å². The number of thiazole rings is 1. The van der Waals surface area contributed by atoms with Gasteiger partial charge >= 0.3 is 16.2 Å². The van der Waals surface area contributed by atoms with Crippen LogP contribution in [0.15, 0.2) is 5.38 Å². The van der Waals surface area contributed by atoms with Crippen molar-refractivity contribution in [2.24, 2.45) is 5.92 Å². The van der Waals surface area contributed by atoms with Crippen molar-refractivity contribution in [3.05, 3.63) is 11.1 Å². The van der Waals surface area contributed by atoms with Crippen LogP contribution in [0.4, 0.5) is 5.13 Å². The minimum Gasteiger partial charge on any atom is -0.481 e. The lowest BCUT2D eigenvalue weighted by atomic mass is 10.0. The van der Waals surface area contributed by atoms with Gasteiger partial charge in [0.15, 0.2) is 5.13 Å². The maximum Gasteiger partial charge on any atom is 0.307 e. The molecule has 2 heterocycles. The van der Waals surface area contributed by atoms with E-state index in [1.807, 2.05) is 5.38 Å².